The van der Waals surface area contributed by atoms with Gasteiger partial charge in [-0.2, -0.15) is 0 Å². The van der Waals surface area contributed by atoms with Gasteiger partial charge in [-0.3, -0.25) is 0 Å². The van der Waals surface area contributed by atoms with Crippen LogP contribution >= 0.6 is 0 Å². The summed E-state index contributed by atoms with van der Waals surface area (Å²) in [6, 6.07) is 9.34. The van der Waals surface area contributed by atoms with Crippen molar-refractivity contribution in [3.63, 3.8) is 0 Å². The van der Waals surface area contributed by atoms with Crippen molar-refractivity contribution < 1.29 is 8.42 Å². The molecule has 1 unspecified atom stereocenters. The summed E-state index contributed by atoms with van der Waals surface area (Å²) in [6.07, 6.45) is 7.66. The Labute approximate surface area is 150 Å². The zero-order valence-electron chi connectivity index (χ0n) is 15.1. The lowest BCUT2D eigenvalue weighted by atomic mass is 9.94. The van der Waals surface area contributed by atoms with E-state index in [0.29, 0.717) is 11.9 Å². The molecule has 0 saturated heterocycles. The highest BCUT2D eigenvalue weighted by atomic mass is 32.2. The molecular weight excluding hydrogens is 330 g/mol. The van der Waals surface area contributed by atoms with Crippen LogP contribution in [0.15, 0.2) is 60.3 Å². The monoisotopic (exact) mass is 353 g/mol. The molecule has 0 amide bonds. The third-order valence-electron chi connectivity index (χ3n) is 4.28. The standard InChI is InChI=1S/C21H23NO2S/c1-20(2,3)14-11-17-8-7-13-21(4,16-17)25(23,24)22-15-12-18-9-5-6-10-19(18)22/h5-10,12,15-16H,13H2,1-4H3. The van der Waals surface area contributed by atoms with Crippen LogP contribution in [0.3, 0.4) is 0 Å². The lowest BCUT2D eigenvalue weighted by Gasteiger charge is -2.28. The molecular formula is C21H23NO2S. The summed E-state index contributed by atoms with van der Waals surface area (Å²) in [5, 5.41) is 0.915. The third-order valence-corrected chi connectivity index (χ3v) is 6.57. The average molecular weight is 353 g/mol. The van der Waals surface area contributed by atoms with Gasteiger partial charge in [0.2, 0.25) is 10.0 Å². The molecule has 1 aromatic heterocycles. The van der Waals surface area contributed by atoms with E-state index in [4.69, 9.17) is 0 Å². The largest absolute Gasteiger partial charge is 0.248 e. The third kappa shape index (κ3) is 3.29. The first-order chi connectivity index (χ1) is 11.6. The van der Waals surface area contributed by atoms with E-state index in [-0.39, 0.29) is 5.41 Å². The number of hydrogen-bond acceptors (Lipinski definition) is 2. The van der Waals surface area contributed by atoms with Gasteiger partial charge in [0.25, 0.3) is 0 Å². The second-order valence-electron chi connectivity index (χ2n) is 7.69. The summed E-state index contributed by atoms with van der Waals surface area (Å²) in [4.78, 5) is 0. The van der Waals surface area contributed by atoms with Crippen LogP contribution in [0.25, 0.3) is 10.9 Å². The first-order valence-electron chi connectivity index (χ1n) is 8.36. The highest BCUT2D eigenvalue weighted by Gasteiger charge is 2.39. The minimum absolute atomic E-state index is 0.127. The Balaban J connectivity index is 2.08. The lowest BCUT2D eigenvalue weighted by molar-refractivity contribution is 0.554. The molecule has 0 fully saturated rings. The second kappa shape index (κ2) is 5.93. The number of rotatable bonds is 2. The van der Waals surface area contributed by atoms with Crippen molar-refractivity contribution in [2.75, 3.05) is 0 Å². The lowest BCUT2D eigenvalue weighted by Crippen LogP contribution is -2.38. The maximum atomic E-state index is 13.4. The van der Waals surface area contributed by atoms with E-state index >= 15 is 0 Å². The highest BCUT2D eigenvalue weighted by molar-refractivity contribution is 7.91. The molecule has 4 heteroatoms. The minimum Gasteiger partial charge on any atom is -0.244 e. The topological polar surface area (TPSA) is 39.1 Å². The van der Waals surface area contributed by atoms with E-state index in [9.17, 15) is 8.42 Å². The molecule has 0 bridgehead atoms. The van der Waals surface area contributed by atoms with E-state index in [1.54, 1.807) is 19.2 Å². The molecule has 3 nitrogen and oxygen atoms in total. The molecule has 0 spiro atoms. The summed E-state index contributed by atoms with van der Waals surface area (Å²) in [6.45, 7) is 7.87. The van der Waals surface area contributed by atoms with Gasteiger partial charge in [-0.05, 0) is 52.3 Å². The molecule has 130 valence electrons. The van der Waals surface area contributed by atoms with E-state index in [2.05, 4.69) is 11.8 Å². The summed E-state index contributed by atoms with van der Waals surface area (Å²) in [5.74, 6) is 6.30. The van der Waals surface area contributed by atoms with Crippen molar-refractivity contribution in [1.29, 1.82) is 0 Å². The van der Waals surface area contributed by atoms with Gasteiger partial charge in [0.1, 0.15) is 4.75 Å². The van der Waals surface area contributed by atoms with Crippen LogP contribution in [0.2, 0.25) is 0 Å². The molecule has 0 aliphatic heterocycles. The van der Waals surface area contributed by atoms with Crippen LogP contribution in [0.4, 0.5) is 0 Å². The van der Waals surface area contributed by atoms with Crippen LogP contribution in [-0.4, -0.2) is 17.1 Å². The average Bonchev–Trinajstić information content (AvgIpc) is 2.97. The fraction of sp³-hybridized carbons (Fsp3) is 0.333. The van der Waals surface area contributed by atoms with Crippen molar-refractivity contribution in [2.24, 2.45) is 5.41 Å². The fourth-order valence-corrected chi connectivity index (χ4v) is 4.54. The van der Waals surface area contributed by atoms with Crippen LogP contribution in [-0.2, 0) is 10.0 Å². The first-order valence-corrected chi connectivity index (χ1v) is 9.80. The zero-order valence-corrected chi connectivity index (χ0v) is 15.9. The number of aromatic nitrogens is 1. The second-order valence-corrected chi connectivity index (χ2v) is 9.97. The van der Waals surface area contributed by atoms with Crippen LogP contribution < -0.4 is 0 Å². The predicted octanol–water partition coefficient (Wildman–Crippen LogP) is 4.51. The molecule has 25 heavy (non-hydrogen) atoms. The molecule has 1 aliphatic carbocycles. The molecule has 1 atom stereocenters. The summed E-state index contributed by atoms with van der Waals surface area (Å²) in [7, 11) is -3.61. The molecule has 1 heterocycles. The van der Waals surface area contributed by atoms with E-state index in [1.807, 2.05) is 63.3 Å². The molecule has 2 aromatic rings. The number of para-hydroxylation sites is 1. The van der Waals surface area contributed by atoms with Crippen molar-refractivity contribution >= 4 is 20.9 Å². The molecule has 1 aromatic carbocycles. The Bertz CT molecular complexity index is 1040. The van der Waals surface area contributed by atoms with E-state index in [1.165, 1.54) is 3.97 Å². The highest BCUT2D eigenvalue weighted by Crippen LogP contribution is 2.33. The predicted molar refractivity (Wildman–Crippen MR) is 104 cm³/mol. The van der Waals surface area contributed by atoms with Gasteiger partial charge < -0.3 is 0 Å². The quantitative estimate of drug-likeness (QED) is 0.745. The number of hydrogen-bond donors (Lipinski definition) is 0. The Morgan fingerprint density at radius 2 is 1.88 bits per heavy atom. The fourth-order valence-electron chi connectivity index (χ4n) is 2.86. The zero-order chi connectivity index (χ0) is 18.3. The summed E-state index contributed by atoms with van der Waals surface area (Å²) in [5.41, 5.74) is 1.33. The van der Waals surface area contributed by atoms with Crippen molar-refractivity contribution in [1.82, 2.24) is 3.97 Å². The molecule has 0 radical (unpaired) electrons. The smallest absolute Gasteiger partial charge is 0.244 e. The Morgan fingerprint density at radius 1 is 1.16 bits per heavy atom. The Kier molecular flexibility index (Phi) is 4.17. The molecule has 0 N–H and O–H groups in total. The van der Waals surface area contributed by atoms with Gasteiger partial charge in [-0.25, -0.2) is 12.4 Å². The van der Waals surface area contributed by atoms with Gasteiger partial charge in [-0.15, -0.1) is 0 Å². The van der Waals surface area contributed by atoms with Gasteiger partial charge in [0.05, 0.1) is 5.52 Å². The van der Waals surface area contributed by atoms with Gasteiger partial charge in [-0.1, -0.05) is 42.2 Å². The minimum atomic E-state index is -3.61. The number of fused-ring (bicyclic) bond motifs is 1. The normalized spacial score (nSPS) is 20.9. The van der Waals surface area contributed by atoms with Crippen LogP contribution in [0.1, 0.15) is 34.1 Å². The summed E-state index contributed by atoms with van der Waals surface area (Å²) >= 11 is 0. The van der Waals surface area contributed by atoms with Gasteiger partial charge in [0.15, 0.2) is 0 Å². The van der Waals surface area contributed by atoms with E-state index in [0.717, 1.165) is 11.0 Å². The number of nitrogens with zero attached hydrogens (tertiary/aromatic N) is 1. The maximum absolute atomic E-state index is 13.4. The van der Waals surface area contributed by atoms with Crippen molar-refractivity contribution in [3.05, 3.63) is 60.3 Å². The van der Waals surface area contributed by atoms with Gasteiger partial charge in [0, 0.05) is 22.6 Å². The van der Waals surface area contributed by atoms with Crippen molar-refractivity contribution in [2.45, 2.75) is 38.9 Å². The van der Waals surface area contributed by atoms with Crippen molar-refractivity contribution in [3.8, 4) is 11.8 Å². The summed E-state index contributed by atoms with van der Waals surface area (Å²) < 4.78 is 27.1. The molecule has 3 rings (SSSR count). The Hall–Kier alpha value is -2.25. The van der Waals surface area contributed by atoms with E-state index < -0.39 is 14.8 Å². The first kappa shape index (κ1) is 17.6. The SMILES string of the molecule is CC(C)(C)C#CC1=CC(C)(S(=O)(=O)n2ccc3ccccc32)CC=C1. The number of allylic oxidation sites excluding steroid dienone is 3. The molecule has 1 aliphatic rings. The van der Waals surface area contributed by atoms with Crippen LogP contribution in [0, 0.1) is 17.3 Å². The van der Waals surface area contributed by atoms with Crippen LogP contribution in [0.5, 0.6) is 0 Å². The maximum Gasteiger partial charge on any atom is 0.248 e. The van der Waals surface area contributed by atoms with Gasteiger partial charge >= 0.3 is 0 Å². The molecule has 0 saturated carbocycles. The Morgan fingerprint density at radius 3 is 2.60 bits per heavy atom. The number of benzene rings is 1.